The lowest BCUT2D eigenvalue weighted by molar-refractivity contribution is -0.130. The van der Waals surface area contributed by atoms with Crippen molar-refractivity contribution in [2.24, 2.45) is 0 Å². The number of nitrogens with zero attached hydrogens (tertiary/aromatic N) is 1. The van der Waals surface area contributed by atoms with Gasteiger partial charge in [-0.3, -0.25) is 9.69 Å². The average molecular weight is 447 g/mol. The van der Waals surface area contributed by atoms with E-state index in [9.17, 15) is 9.59 Å². The van der Waals surface area contributed by atoms with Gasteiger partial charge in [-0.25, -0.2) is 4.79 Å². The molecule has 0 radical (unpaired) electrons. The van der Waals surface area contributed by atoms with Gasteiger partial charge in [-0.15, -0.1) is 0 Å². The highest BCUT2D eigenvalue weighted by atomic mass is 16.5. The number of urea groups is 1. The first-order valence-electron chi connectivity index (χ1n) is 10.6. The van der Waals surface area contributed by atoms with Crippen LogP contribution in [0.2, 0.25) is 0 Å². The van der Waals surface area contributed by atoms with E-state index in [0.717, 1.165) is 11.3 Å². The minimum absolute atomic E-state index is 0.118. The van der Waals surface area contributed by atoms with E-state index >= 15 is 0 Å². The van der Waals surface area contributed by atoms with Crippen molar-refractivity contribution in [1.29, 1.82) is 0 Å². The second kappa shape index (κ2) is 9.24. The summed E-state index contributed by atoms with van der Waals surface area (Å²) in [7, 11) is 3.15. The maximum atomic E-state index is 13.8. The summed E-state index contributed by atoms with van der Waals surface area (Å²) < 4.78 is 16.3. The van der Waals surface area contributed by atoms with Gasteiger partial charge in [0.15, 0.2) is 5.54 Å². The number of hydrogen-bond acceptors (Lipinski definition) is 5. The summed E-state index contributed by atoms with van der Waals surface area (Å²) in [6.45, 7) is 2.25. The number of imide groups is 1. The van der Waals surface area contributed by atoms with E-state index in [-0.39, 0.29) is 19.1 Å². The van der Waals surface area contributed by atoms with Gasteiger partial charge >= 0.3 is 6.03 Å². The van der Waals surface area contributed by atoms with Gasteiger partial charge in [-0.2, -0.15) is 0 Å². The number of rotatable bonds is 8. The highest BCUT2D eigenvalue weighted by Gasteiger charge is 2.53. The Balaban J connectivity index is 1.65. The fourth-order valence-electron chi connectivity index (χ4n) is 3.98. The van der Waals surface area contributed by atoms with Crippen LogP contribution in [0.5, 0.6) is 17.2 Å². The zero-order valence-electron chi connectivity index (χ0n) is 18.8. The van der Waals surface area contributed by atoms with Crippen molar-refractivity contribution >= 4 is 11.9 Å². The average Bonchev–Trinajstić information content (AvgIpc) is 3.11. The third-order valence-electron chi connectivity index (χ3n) is 5.82. The van der Waals surface area contributed by atoms with Crippen LogP contribution in [0.1, 0.15) is 16.7 Å². The molecule has 0 spiro atoms. The summed E-state index contributed by atoms with van der Waals surface area (Å²) in [5.41, 5.74) is 0.891. The molecule has 0 aliphatic carbocycles. The summed E-state index contributed by atoms with van der Waals surface area (Å²) in [5.74, 6) is 1.67. The Hall–Kier alpha value is -4.00. The first-order valence-corrected chi connectivity index (χ1v) is 10.6. The molecule has 1 saturated heterocycles. The number of hydrogen-bond donors (Lipinski definition) is 1. The Labute approximate surface area is 192 Å². The van der Waals surface area contributed by atoms with Crippen LogP contribution in [0.25, 0.3) is 0 Å². The molecule has 7 nitrogen and oxygen atoms in total. The van der Waals surface area contributed by atoms with E-state index in [0.29, 0.717) is 22.6 Å². The molecular formula is C26H26N2O5. The zero-order chi connectivity index (χ0) is 23.4. The lowest BCUT2D eigenvalue weighted by atomic mass is 9.82. The number of aryl methyl sites for hydroxylation is 1. The minimum atomic E-state index is -1.36. The van der Waals surface area contributed by atoms with Gasteiger partial charge in [0.05, 0.1) is 20.8 Å². The van der Waals surface area contributed by atoms with Gasteiger partial charge < -0.3 is 19.5 Å². The first kappa shape index (κ1) is 22.2. The minimum Gasteiger partial charge on any atom is -0.497 e. The molecule has 0 saturated carbocycles. The Morgan fingerprint density at radius 2 is 1.36 bits per heavy atom. The normalized spacial score (nSPS) is 14.7. The highest BCUT2D eigenvalue weighted by molar-refractivity contribution is 6.09. The van der Waals surface area contributed by atoms with Crippen LogP contribution in [-0.4, -0.2) is 44.2 Å². The second-order valence-electron chi connectivity index (χ2n) is 7.71. The molecule has 1 heterocycles. The molecule has 3 aromatic rings. The van der Waals surface area contributed by atoms with Crippen LogP contribution < -0.4 is 19.5 Å². The van der Waals surface area contributed by atoms with Crippen molar-refractivity contribution in [3.05, 3.63) is 89.5 Å². The molecule has 4 rings (SSSR count). The Morgan fingerprint density at radius 1 is 0.818 bits per heavy atom. The number of amides is 3. The van der Waals surface area contributed by atoms with Crippen LogP contribution >= 0.6 is 0 Å². The van der Waals surface area contributed by atoms with Gasteiger partial charge in [-0.05, 0) is 53.9 Å². The Morgan fingerprint density at radius 3 is 1.88 bits per heavy atom. The Bertz CT molecular complexity index is 1090. The fraction of sp³-hybridized carbons (Fsp3) is 0.231. The molecule has 0 aromatic heterocycles. The van der Waals surface area contributed by atoms with Gasteiger partial charge in [-0.1, -0.05) is 42.5 Å². The van der Waals surface area contributed by atoms with E-state index in [4.69, 9.17) is 14.2 Å². The van der Waals surface area contributed by atoms with E-state index in [1.807, 2.05) is 31.2 Å². The molecule has 0 bridgehead atoms. The maximum Gasteiger partial charge on any atom is 0.325 e. The van der Waals surface area contributed by atoms with Gasteiger partial charge in [0.1, 0.15) is 23.9 Å². The van der Waals surface area contributed by atoms with E-state index < -0.39 is 11.6 Å². The van der Waals surface area contributed by atoms with Crippen molar-refractivity contribution in [1.82, 2.24) is 10.2 Å². The third-order valence-corrected chi connectivity index (χ3v) is 5.82. The molecule has 1 aliphatic rings. The largest absolute Gasteiger partial charge is 0.497 e. The number of carbonyl (C=O) groups is 2. The second-order valence-corrected chi connectivity index (χ2v) is 7.71. The number of benzene rings is 3. The Kier molecular flexibility index (Phi) is 6.22. The summed E-state index contributed by atoms with van der Waals surface area (Å²) >= 11 is 0. The lowest BCUT2D eigenvalue weighted by Gasteiger charge is -2.28. The predicted octanol–water partition coefficient (Wildman–Crippen LogP) is 3.89. The van der Waals surface area contributed by atoms with Crippen molar-refractivity contribution in [3.8, 4) is 17.2 Å². The number of ether oxygens (including phenoxy) is 3. The van der Waals surface area contributed by atoms with Crippen LogP contribution in [0, 0.1) is 6.92 Å². The predicted molar refractivity (Wildman–Crippen MR) is 124 cm³/mol. The SMILES string of the molecule is COc1ccc(C2(c3ccc(OC)cc3)NC(=O)N(CCOc3ccccc3C)C2=O)cc1. The molecule has 1 fully saturated rings. The summed E-state index contributed by atoms with van der Waals surface area (Å²) in [6, 6.07) is 21.4. The van der Waals surface area contributed by atoms with Crippen LogP contribution in [0.3, 0.4) is 0 Å². The monoisotopic (exact) mass is 446 g/mol. The van der Waals surface area contributed by atoms with Crippen molar-refractivity contribution in [2.45, 2.75) is 12.5 Å². The maximum absolute atomic E-state index is 13.8. The first-order chi connectivity index (χ1) is 16.0. The summed E-state index contributed by atoms with van der Waals surface area (Å²) in [4.78, 5) is 28.0. The van der Waals surface area contributed by atoms with E-state index in [1.54, 1.807) is 62.8 Å². The fourth-order valence-corrected chi connectivity index (χ4v) is 3.98. The van der Waals surface area contributed by atoms with E-state index in [2.05, 4.69) is 5.32 Å². The summed E-state index contributed by atoms with van der Waals surface area (Å²) in [6.07, 6.45) is 0. The number of methoxy groups -OCH3 is 2. The van der Waals surface area contributed by atoms with Crippen LogP contribution in [0.15, 0.2) is 72.8 Å². The highest BCUT2D eigenvalue weighted by Crippen LogP contribution is 2.37. The van der Waals surface area contributed by atoms with Gasteiger partial charge in [0, 0.05) is 0 Å². The van der Waals surface area contributed by atoms with Crippen molar-refractivity contribution in [3.63, 3.8) is 0 Å². The number of nitrogens with one attached hydrogen (secondary N) is 1. The van der Waals surface area contributed by atoms with Crippen LogP contribution in [-0.2, 0) is 10.3 Å². The smallest absolute Gasteiger partial charge is 0.325 e. The molecule has 0 unspecified atom stereocenters. The molecule has 7 heteroatoms. The molecule has 33 heavy (non-hydrogen) atoms. The van der Waals surface area contributed by atoms with Crippen molar-refractivity contribution in [2.75, 3.05) is 27.4 Å². The molecule has 1 N–H and O–H groups in total. The molecular weight excluding hydrogens is 420 g/mol. The lowest BCUT2D eigenvalue weighted by Crippen LogP contribution is -2.45. The standard InChI is InChI=1S/C26H26N2O5/c1-18-6-4-5-7-23(18)33-17-16-28-24(29)26(27-25(28)30,19-8-12-21(31-2)13-9-19)20-10-14-22(32-3)15-11-20/h4-15H,16-17H2,1-3H3,(H,27,30). The molecule has 1 aliphatic heterocycles. The van der Waals surface area contributed by atoms with E-state index in [1.165, 1.54) is 4.90 Å². The molecule has 0 atom stereocenters. The van der Waals surface area contributed by atoms with Gasteiger partial charge in [0.25, 0.3) is 5.91 Å². The topological polar surface area (TPSA) is 77.1 Å². The molecule has 3 aromatic carbocycles. The summed E-state index contributed by atoms with van der Waals surface area (Å²) in [5, 5.41) is 2.94. The third kappa shape index (κ3) is 4.09. The number of carbonyl (C=O) groups excluding carboxylic acids is 2. The molecule has 170 valence electrons. The molecule has 3 amide bonds. The number of para-hydroxylation sites is 1. The van der Waals surface area contributed by atoms with Gasteiger partial charge in [0.2, 0.25) is 0 Å². The quantitative estimate of drug-likeness (QED) is 0.532. The van der Waals surface area contributed by atoms with Crippen molar-refractivity contribution < 1.29 is 23.8 Å². The van der Waals surface area contributed by atoms with Crippen LogP contribution in [0.4, 0.5) is 4.79 Å². The zero-order valence-corrected chi connectivity index (χ0v) is 18.8.